The fourth-order valence-corrected chi connectivity index (χ4v) is 1.58. The van der Waals surface area contributed by atoms with E-state index in [1.54, 1.807) is 0 Å². The van der Waals surface area contributed by atoms with Gasteiger partial charge in [0.05, 0.1) is 19.8 Å². The predicted octanol–water partition coefficient (Wildman–Crippen LogP) is 1.18. The van der Waals surface area contributed by atoms with Crippen LogP contribution in [0.2, 0.25) is 0 Å². The van der Waals surface area contributed by atoms with Gasteiger partial charge in [-0.15, -0.1) is 0 Å². The highest BCUT2D eigenvalue weighted by molar-refractivity contribution is 4.81. The van der Waals surface area contributed by atoms with Crippen molar-refractivity contribution in [1.82, 2.24) is 5.32 Å². The van der Waals surface area contributed by atoms with Crippen LogP contribution in [0.1, 0.15) is 33.6 Å². The summed E-state index contributed by atoms with van der Waals surface area (Å²) in [5.41, 5.74) is -0.169. The van der Waals surface area contributed by atoms with E-state index in [1.807, 2.05) is 20.8 Å². The number of likely N-dealkylation sites (N-methyl/N-ethyl adjacent to an activating group) is 1. The van der Waals surface area contributed by atoms with Crippen LogP contribution in [-0.4, -0.2) is 50.2 Å². The number of aliphatic hydroxyl groups excluding tert-OH is 1. The topological polar surface area (TPSA) is 50.7 Å². The van der Waals surface area contributed by atoms with Crippen LogP contribution in [0.25, 0.3) is 0 Å². The first kappa shape index (κ1) is 15.8. The minimum atomic E-state index is -0.169. The third-order valence-corrected chi connectivity index (χ3v) is 2.55. The largest absolute Gasteiger partial charge is 0.394 e. The maximum atomic E-state index is 9.27. The number of ether oxygens (including phenoxy) is 2. The van der Waals surface area contributed by atoms with E-state index in [1.165, 1.54) is 0 Å². The van der Waals surface area contributed by atoms with Crippen LogP contribution in [0.4, 0.5) is 0 Å². The zero-order valence-electron chi connectivity index (χ0n) is 10.9. The van der Waals surface area contributed by atoms with Crippen LogP contribution >= 0.6 is 0 Å². The van der Waals surface area contributed by atoms with Gasteiger partial charge in [-0.25, -0.2) is 0 Å². The Bertz CT molecular complexity index is 155. The summed E-state index contributed by atoms with van der Waals surface area (Å²) in [5.74, 6) is 0. The molecular weight excluding hydrogens is 206 g/mol. The van der Waals surface area contributed by atoms with Gasteiger partial charge in [-0.2, -0.15) is 0 Å². The molecule has 1 atom stereocenters. The van der Waals surface area contributed by atoms with Gasteiger partial charge in [0.25, 0.3) is 0 Å². The molecule has 0 aliphatic heterocycles. The summed E-state index contributed by atoms with van der Waals surface area (Å²) < 4.78 is 10.6. The highest BCUT2D eigenvalue weighted by Gasteiger charge is 2.20. The SMILES string of the molecule is CCNC(C)(CO)CCCOCCOCC. The summed E-state index contributed by atoms with van der Waals surface area (Å²) in [5, 5.41) is 12.6. The van der Waals surface area contributed by atoms with Crippen LogP contribution in [0.15, 0.2) is 0 Å². The number of nitrogens with one attached hydrogen (secondary N) is 1. The van der Waals surface area contributed by atoms with Crippen molar-refractivity contribution in [1.29, 1.82) is 0 Å². The Morgan fingerprint density at radius 1 is 1.12 bits per heavy atom. The number of rotatable bonds is 11. The summed E-state index contributed by atoms with van der Waals surface area (Å²) in [6.45, 7) is 9.90. The van der Waals surface area contributed by atoms with Gasteiger partial charge in [-0.05, 0) is 33.2 Å². The molecule has 16 heavy (non-hydrogen) atoms. The number of hydrogen-bond acceptors (Lipinski definition) is 4. The van der Waals surface area contributed by atoms with Gasteiger partial charge >= 0.3 is 0 Å². The van der Waals surface area contributed by atoms with Gasteiger partial charge in [0.1, 0.15) is 0 Å². The van der Waals surface area contributed by atoms with Crippen molar-refractivity contribution < 1.29 is 14.6 Å². The molecule has 4 nitrogen and oxygen atoms in total. The van der Waals surface area contributed by atoms with Crippen LogP contribution in [0.5, 0.6) is 0 Å². The van der Waals surface area contributed by atoms with E-state index in [0.717, 1.165) is 32.6 Å². The lowest BCUT2D eigenvalue weighted by Crippen LogP contribution is -2.45. The third-order valence-electron chi connectivity index (χ3n) is 2.55. The molecular formula is C12H27NO3. The van der Waals surface area contributed by atoms with Crippen molar-refractivity contribution in [3.05, 3.63) is 0 Å². The average Bonchev–Trinajstić information content (AvgIpc) is 2.28. The van der Waals surface area contributed by atoms with Crippen molar-refractivity contribution >= 4 is 0 Å². The van der Waals surface area contributed by atoms with Gasteiger partial charge in [-0.3, -0.25) is 0 Å². The Balaban J connectivity index is 3.41. The fourth-order valence-electron chi connectivity index (χ4n) is 1.58. The second kappa shape index (κ2) is 10.0. The molecule has 4 heteroatoms. The van der Waals surface area contributed by atoms with Crippen molar-refractivity contribution in [3.8, 4) is 0 Å². The molecule has 2 N–H and O–H groups in total. The lowest BCUT2D eigenvalue weighted by Gasteiger charge is -2.28. The molecule has 0 aliphatic carbocycles. The average molecular weight is 233 g/mol. The molecule has 0 bridgehead atoms. The van der Waals surface area contributed by atoms with Crippen molar-refractivity contribution in [2.24, 2.45) is 0 Å². The highest BCUT2D eigenvalue weighted by atomic mass is 16.5. The van der Waals surface area contributed by atoms with Crippen molar-refractivity contribution in [3.63, 3.8) is 0 Å². The van der Waals surface area contributed by atoms with Gasteiger partial charge in [-0.1, -0.05) is 6.92 Å². The molecule has 0 spiro atoms. The van der Waals surface area contributed by atoms with E-state index in [4.69, 9.17) is 9.47 Å². The van der Waals surface area contributed by atoms with Gasteiger partial charge in [0.2, 0.25) is 0 Å². The van der Waals surface area contributed by atoms with Gasteiger partial charge < -0.3 is 19.9 Å². The number of hydrogen-bond donors (Lipinski definition) is 2. The molecule has 0 saturated heterocycles. The third kappa shape index (κ3) is 8.05. The Kier molecular flexibility index (Phi) is 9.92. The van der Waals surface area contributed by atoms with E-state index >= 15 is 0 Å². The second-order valence-corrected chi connectivity index (χ2v) is 4.16. The maximum Gasteiger partial charge on any atom is 0.0700 e. The molecule has 0 radical (unpaired) electrons. The molecule has 0 saturated carbocycles. The molecule has 0 rings (SSSR count). The summed E-state index contributed by atoms with van der Waals surface area (Å²) in [6, 6.07) is 0. The lowest BCUT2D eigenvalue weighted by molar-refractivity contribution is 0.0474. The predicted molar refractivity (Wildman–Crippen MR) is 65.7 cm³/mol. The van der Waals surface area contributed by atoms with Crippen molar-refractivity contribution in [2.45, 2.75) is 39.2 Å². The molecule has 0 aliphatic rings. The van der Waals surface area contributed by atoms with Gasteiger partial charge in [0.15, 0.2) is 0 Å². The first-order chi connectivity index (χ1) is 7.68. The smallest absolute Gasteiger partial charge is 0.0700 e. The Morgan fingerprint density at radius 3 is 2.38 bits per heavy atom. The van der Waals surface area contributed by atoms with E-state index in [2.05, 4.69) is 5.32 Å². The number of aliphatic hydroxyl groups is 1. The molecule has 0 amide bonds. The first-order valence-electron chi connectivity index (χ1n) is 6.20. The molecule has 0 fully saturated rings. The normalized spacial score (nSPS) is 15.0. The minimum absolute atomic E-state index is 0.166. The molecule has 1 unspecified atom stereocenters. The fraction of sp³-hybridized carbons (Fsp3) is 1.00. The summed E-state index contributed by atoms with van der Waals surface area (Å²) in [6.07, 6.45) is 1.88. The van der Waals surface area contributed by atoms with Gasteiger partial charge in [0, 0.05) is 18.8 Å². The molecule has 98 valence electrons. The lowest BCUT2D eigenvalue weighted by atomic mass is 9.97. The first-order valence-corrected chi connectivity index (χ1v) is 6.20. The summed E-state index contributed by atoms with van der Waals surface area (Å²) >= 11 is 0. The van der Waals surface area contributed by atoms with E-state index in [0.29, 0.717) is 13.2 Å². The molecule has 0 heterocycles. The van der Waals surface area contributed by atoms with E-state index < -0.39 is 0 Å². The molecule has 0 aromatic heterocycles. The Hall–Kier alpha value is -0.160. The summed E-state index contributed by atoms with van der Waals surface area (Å²) in [7, 11) is 0. The summed E-state index contributed by atoms with van der Waals surface area (Å²) in [4.78, 5) is 0. The van der Waals surface area contributed by atoms with E-state index in [9.17, 15) is 5.11 Å². The zero-order chi connectivity index (χ0) is 12.3. The van der Waals surface area contributed by atoms with Crippen molar-refractivity contribution in [2.75, 3.05) is 39.6 Å². The zero-order valence-corrected chi connectivity index (χ0v) is 10.9. The molecule has 0 aromatic carbocycles. The van der Waals surface area contributed by atoms with E-state index in [-0.39, 0.29) is 12.1 Å². The van der Waals surface area contributed by atoms with Crippen LogP contribution in [-0.2, 0) is 9.47 Å². The Labute approximate surface area is 99.3 Å². The standard InChI is InChI=1S/C12H27NO3/c1-4-13-12(3,11-14)7-6-8-16-10-9-15-5-2/h13-14H,4-11H2,1-3H3. The molecule has 0 aromatic rings. The Morgan fingerprint density at radius 2 is 1.81 bits per heavy atom. The maximum absolute atomic E-state index is 9.27. The minimum Gasteiger partial charge on any atom is -0.394 e. The monoisotopic (exact) mass is 233 g/mol. The second-order valence-electron chi connectivity index (χ2n) is 4.16. The highest BCUT2D eigenvalue weighted by Crippen LogP contribution is 2.11. The van der Waals surface area contributed by atoms with Crippen LogP contribution in [0, 0.1) is 0 Å². The van der Waals surface area contributed by atoms with Crippen LogP contribution < -0.4 is 5.32 Å². The van der Waals surface area contributed by atoms with Crippen LogP contribution in [0.3, 0.4) is 0 Å². The quantitative estimate of drug-likeness (QED) is 0.526.